The average molecular weight is 819 g/mol. The Balaban J connectivity index is 0.00000378. The van der Waals surface area contributed by atoms with Crippen molar-refractivity contribution >= 4 is 17.1 Å². The van der Waals surface area contributed by atoms with Crippen molar-refractivity contribution in [3.8, 4) is 39.5 Å². The molecule has 5 nitrogen and oxygen atoms in total. The van der Waals surface area contributed by atoms with Gasteiger partial charge in [-0.1, -0.05) is 85.8 Å². The van der Waals surface area contributed by atoms with E-state index in [2.05, 4.69) is 160 Å². The molecule has 2 aromatic heterocycles. The van der Waals surface area contributed by atoms with Gasteiger partial charge in [0.25, 0.3) is 0 Å². The summed E-state index contributed by atoms with van der Waals surface area (Å²) in [7, 11) is 2.01. The quantitative estimate of drug-likeness (QED) is 0.163. The first-order valence-electron chi connectivity index (χ1n) is 16.4. The van der Waals surface area contributed by atoms with E-state index >= 15 is 0 Å². The van der Waals surface area contributed by atoms with Crippen LogP contribution in [0.5, 0.6) is 0 Å². The van der Waals surface area contributed by atoms with Crippen LogP contribution in [0.4, 0.5) is 17.1 Å². The monoisotopic (exact) mass is 818 g/mol. The van der Waals surface area contributed by atoms with Gasteiger partial charge in [0.1, 0.15) is 5.69 Å². The van der Waals surface area contributed by atoms with Crippen LogP contribution in [0.15, 0.2) is 116 Å². The number of benzene rings is 5. The van der Waals surface area contributed by atoms with Crippen LogP contribution in [0, 0.1) is 32.9 Å². The van der Waals surface area contributed by atoms with Crippen molar-refractivity contribution in [3.05, 3.63) is 156 Å². The molecule has 0 saturated carbocycles. The van der Waals surface area contributed by atoms with Gasteiger partial charge >= 0.3 is 21.1 Å². The van der Waals surface area contributed by atoms with Gasteiger partial charge in [0.2, 0.25) is 0 Å². The normalized spacial score (nSPS) is 13.1. The molecule has 244 valence electrons. The fraction of sp³-hybridized carbons (Fsp3) is 0.163. The number of rotatable bonds is 5. The molecule has 0 spiro atoms. The van der Waals surface area contributed by atoms with E-state index < -0.39 is 0 Å². The van der Waals surface area contributed by atoms with Crippen molar-refractivity contribution in [1.82, 2.24) is 19.3 Å². The summed E-state index contributed by atoms with van der Waals surface area (Å²) in [6.45, 7) is 11.1. The Bertz CT molecular complexity index is 2310. The molecule has 0 unspecified atom stereocenters. The van der Waals surface area contributed by atoms with Crippen LogP contribution in [-0.4, -0.2) is 19.3 Å². The SMILES string of the molecule is Cc1cc(C)c(-c2nn(-c3[c-]c4c(cc3)C(C)(C)c3ccccc3N4c3[c-]c(-c4nccn4C)ccc3)cc2-c2ccccc2)c(C)c1.[Pt+2]. The molecule has 5 aromatic carbocycles. The second kappa shape index (κ2) is 12.5. The molecule has 1 aliphatic heterocycles. The minimum absolute atomic E-state index is 0. The third kappa shape index (κ3) is 5.47. The zero-order chi connectivity index (χ0) is 33.2. The predicted molar refractivity (Wildman–Crippen MR) is 195 cm³/mol. The van der Waals surface area contributed by atoms with Gasteiger partial charge in [-0.25, -0.2) is 0 Å². The van der Waals surface area contributed by atoms with Crippen LogP contribution in [0.1, 0.15) is 41.7 Å². The Morgan fingerprint density at radius 2 is 1.47 bits per heavy atom. The predicted octanol–water partition coefficient (Wildman–Crippen LogP) is 10.2. The molecule has 1 aliphatic rings. The summed E-state index contributed by atoms with van der Waals surface area (Å²) in [4.78, 5) is 6.90. The molecule has 49 heavy (non-hydrogen) atoms. The first kappa shape index (κ1) is 32.6. The molecular weight excluding hydrogens is 782 g/mol. The Kier molecular flexibility index (Phi) is 8.29. The minimum atomic E-state index is -0.241. The third-order valence-corrected chi connectivity index (χ3v) is 9.67. The smallest absolute Gasteiger partial charge is 0.373 e. The summed E-state index contributed by atoms with van der Waals surface area (Å²) in [5, 5.41) is 5.31. The molecule has 0 saturated heterocycles. The molecule has 0 bridgehead atoms. The molecule has 0 amide bonds. The largest absolute Gasteiger partial charge is 2.00 e. The Hall–Kier alpha value is -4.99. The standard InChI is InChI=1S/C43H37N5.Pt/c1-28-23-29(2)40(30(3)24-28)41-35(31-13-8-7-9-14-31)27-47(45-41)33-19-20-37-39(26-33)48(38-18-11-10-17-36(38)43(37,4)5)34-16-12-15-32(25-34)42-44-21-22-46(42)6;/h7-24,27H,1-6H3;/q-2;+2. The molecule has 0 N–H and O–H groups in total. The Labute approximate surface area is 303 Å². The van der Waals surface area contributed by atoms with Gasteiger partial charge in [0, 0.05) is 42.5 Å². The zero-order valence-electron chi connectivity index (χ0n) is 28.5. The summed E-state index contributed by atoms with van der Waals surface area (Å²) in [5.41, 5.74) is 15.1. The number of anilines is 3. The van der Waals surface area contributed by atoms with Gasteiger partial charge in [0.15, 0.2) is 0 Å². The van der Waals surface area contributed by atoms with Gasteiger partial charge in [-0.3, -0.25) is 9.67 Å². The molecule has 0 aliphatic carbocycles. The summed E-state index contributed by atoms with van der Waals surface area (Å²) in [6, 6.07) is 41.9. The van der Waals surface area contributed by atoms with Crippen LogP contribution < -0.4 is 4.90 Å². The number of aryl methyl sites for hydroxylation is 4. The number of imidazole rings is 1. The van der Waals surface area contributed by atoms with Gasteiger partial charge in [0.05, 0.1) is 5.82 Å². The Morgan fingerprint density at radius 3 is 2.20 bits per heavy atom. The molecule has 6 heteroatoms. The van der Waals surface area contributed by atoms with Crippen LogP contribution in [0.3, 0.4) is 0 Å². The van der Waals surface area contributed by atoms with Crippen molar-refractivity contribution < 1.29 is 21.1 Å². The van der Waals surface area contributed by atoms with E-state index in [-0.39, 0.29) is 26.5 Å². The number of hydrogen-bond acceptors (Lipinski definition) is 3. The zero-order valence-corrected chi connectivity index (χ0v) is 30.8. The summed E-state index contributed by atoms with van der Waals surface area (Å²) < 4.78 is 4.02. The fourth-order valence-electron chi connectivity index (χ4n) is 7.41. The van der Waals surface area contributed by atoms with Gasteiger partial charge in [-0.2, -0.15) is 11.2 Å². The number of hydrogen-bond donors (Lipinski definition) is 0. The van der Waals surface area contributed by atoms with Crippen molar-refractivity contribution in [3.63, 3.8) is 0 Å². The third-order valence-electron chi connectivity index (χ3n) is 9.67. The molecule has 3 heterocycles. The van der Waals surface area contributed by atoms with Crippen LogP contribution in [0.2, 0.25) is 0 Å². The van der Waals surface area contributed by atoms with Crippen molar-refractivity contribution in [2.45, 2.75) is 40.0 Å². The maximum absolute atomic E-state index is 5.31. The second-order valence-corrected chi connectivity index (χ2v) is 13.4. The first-order chi connectivity index (χ1) is 23.2. The van der Waals surface area contributed by atoms with Crippen molar-refractivity contribution in [2.75, 3.05) is 4.90 Å². The van der Waals surface area contributed by atoms with E-state index in [1.165, 1.54) is 33.4 Å². The number of nitrogens with zero attached hydrogens (tertiary/aromatic N) is 5. The molecule has 0 atom stereocenters. The molecule has 0 radical (unpaired) electrons. The van der Waals surface area contributed by atoms with E-state index in [9.17, 15) is 0 Å². The maximum atomic E-state index is 5.31. The van der Waals surface area contributed by atoms with Crippen LogP contribution in [-0.2, 0) is 33.5 Å². The molecule has 0 fully saturated rings. The van der Waals surface area contributed by atoms with Gasteiger partial charge in [-0.05, 0) is 65.9 Å². The summed E-state index contributed by atoms with van der Waals surface area (Å²) in [6.07, 6.45) is 5.94. The summed E-state index contributed by atoms with van der Waals surface area (Å²) in [5.74, 6) is 0.875. The van der Waals surface area contributed by atoms with Crippen molar-refractivity contribution in [2.24, 2.45) is 7.05 Å². The van der Waals surface area contributed by atoms with Crippen LogP contribution in [0.25, 0.3) is 39.5 Å². The van der Waals surface area contributed by atoms with E-state index in [0.717, 1.165) is 51.0 Å². The number of fused-ring (bicyclic) bond motifs is 2. The van der Waals surface area contributed by atoms with Crippen molar-refractivity contribution in [1.29, 1.82) is 0 Å². The van der Waals surface area contributed by atoms with E-state index in [1.807, 2.05) is 28.7 Å². The van der Waals surface area contributed by atoms with Gasteiger partial charge < -0.3 is 9.47 Å². The van der Waals surface area contributed by atoms with Crippen LogP contribution >= 0.6 is 0 Å². The molecule has 8 rings (SSSR count). The number of aromatic nitrogens is 4. The maximum Gasteiger partial charge on any atom is 2.00 e. The van der Waals surface area contributed by atoms with Gasteiger partial charge in [-0.15, -0.1) is 47.5 Å². The average Bonchev–Trinajstić information content (AvgIpc) is 3.72. The Morgan fingerprint density at radius 1 is 0.735 bits per heavy atom. The topological polar surface area (TPSA) is 38.9 Å². The minimum Gasteiger partial charge on any atom is -0.373 e. The first-order valence-corrected chi connectivity index (χ1v) is 16.4. The number of para-hydroxylation sites is 1. The van der Waals surface area contributed by atoms with E-state index in [4.69, 9.17) is 5.10 Å². The van der Waals surface area contributed by atoms with E-state index in [1.54, 1.807) is 0 Å². The molecule has 7 aromatic rings. The fourth-order valence-corrected chi connectivity index (χ4v) is 7.41. The molecular formula is C43H37N5Pt. The second-order valence-electron chi connectivity index (χ2n) is 13.4. The van der Waals surface area contributed by atoms with E-state index in [0.29, 0.717) is 0 Å². The summed E-state index contributed by atoms with van der Waals surface area (Å²) >= 11 is 0.